The van der Waals surface area contributed by atoms with E-state index in [-0.39, 0.29) is 0 Å². The van der Waals surface area contributed by atoms with Crippen molar-refractivity contribution in [3.63, 3.8) is 0 Å². The molecule has 0 aromatic heterocycles. The number of halogens is 3. The van der Waals surface area contributed by atoms with Crippen molar-refractivity contribution in [3.05, 3.63) is 21.6 Å². The van der Waals surface area contributed by atoms with Gasteiger partial charge in [0.05, 0.1) is 16.6 Å². The average Bonchev–Trinajstić information content (AvgIpc) is 1.97. The minimum absolute atomic E-state index is 0.587. The summed E-state index contributed by atoms with van der Waals surface area (Å²) < 4.78 is 6.18. The Morgan fingerprint density at radius 3 is 2.45 bits per heavy atom. The van der Waals surface area contributed by atoms with Gasteiger partial charge in [-0.15, -0.1) is 6.58 Å². The molecule has 0 bridgehead atoms. The molecule has 0 aliphatic rings. The highest BCUT2D eigenvalue weighted by Crippen LogP contribution is 2.20. The SMILES string of the molecule is C=CCOCC(CBr)=C(Br)Br. The summed E-state index contributed by atoms with van der Waals surface area (Å²) in [6.45, 7) is 4.75. The molecular formula is C7H9Br3O. The van der Waals surface area contributed by atoms with E-state index in [0.29, 0.717) is 13.2 Å². The predicted molar refractivity (Wildman–Crippen MR) is 59.7 cm³/mol. The van der Waals surface area contributed by atoms with Gasteiger partial charge in [-0.1, -0.05) is 22.0 Å². The standard InChI is InChI=1S/C7H9Br3O/c1-2-3-11-5-6(4-8)7(9)10/h2H,1,3-5H2. The van der Waals surface area contributed by atoms with Crippen molar-refractivity contribution in [2.45, 2.75) is 0 Å². The summed E-state index contributed by atoms with van der Waals surface area (Å²) in [5.41, 5.74) is 1.15. The molecule has 0 unspecified atom stereocenters. The van der Waals surface area contributed by atoms with Gasteiger partial charge >= 0.3 is 0 Å². The first-order valence-electron chi connectivity index (χ1n) is 3.00. The van der Waals surface area contributed by atoms with Crippen LogP contribution in [0.15, 0.2) is 21.6 Å². The van der Waals surface area contributed by atoms with Crippen LogP contribution in [0.5, 0.6) is 0 Å². The van der Waals surface area contributed by atoms with Crippen LogP contribution in [0.25, 0.3) is 0 Å². The maximum absolute atomic E-state index is 5.23. The van der Waals surface area contributed by atoms with E-state index < -0.39 is 0 Å². The van der Waals surface area contributed by atoms with E-state index in [4.69, 9.17) is 4.74 Å². The Bertz CT molecular complexity index is 150. The number of ether oxygens (including phenoxy) is 1. The summed E-state index contributed by atoms with van der Waals surface area (Å²) in [4.78, 5) is 0. The van der Waals surface area contributed by atoms with Crippen molar-refractivity contribution in [2.75, 3.05) is 18.5 Å². The first-order chi connectivity index (χ1) is 5.22. The summed E-state index contributed by atoms with van der Waals surface area (Å²) in [5.74, 6) is 0. The van der Waals surface area contributed by atoms with Crippen LogP contribution in [0.2, 0.25) is 0 Å². The normalized spacial score (nSPS) is 9.36. The molecule has 0 spiro atoms. The van der Waals surface area contributed by atoms with Crippen LogP contribution >= 0.6 is 47.8 Å². The van der Waals surface area contributed by atoms with Crippen LogP contribution in [0.4, 0.5) is 0 Å². The Hall–Kier alpha value is 0.880. The van der Waals surface area contributed by atoms with Crippen LogP contribution < -0.4 is 0 Å². The van der Waals surface area contributed by atoms with Crippen molar-refractivity contribution in [1.82, 2.24) is 0 Å². The lowest BCUT2D eigenvalue weighted by molar-refractivity contribution is 0.187. The fraction of sp³-hybridized carbons (Fsp3) is 0.429. The zero-order chi connectivity index (χ0) is 8.69. The van der Waals surface area contributed by atoms with Crippen LogP contribution in [0.3, 0.4) is 0 Å². The van der Waals surface area contributed by atoms with E-state index in [2.05, 4.69) is 54.4 Å². The molecule has 0 atom stereocenters. The van der Waals surface area contributed by atoms with Crippen LogP contribution in [-0.4, -0.2) is 18.5 Å². The van der Waals surface area contributed by atoms with Gasteiger partial charge < -0.3 is 4.74 Å². The molecule has 0 N–H and O–H groups in total. The lowest BCUT2D eigenvalue weighted by Gasteiger charge is -2.03. The number of hydrogen-bond acceptors (Lipinski definition) is 1. The Labute approximate surface area is 92.3 Å². The van der Waals surface area contributed by atoms with Gasteiger partial charge in [0.15, 0.2) is 0 Å². The first kappa shape index (κ1) is 11.9. The molecule has 0 aromatic carbocycles. The van der Waals surface area contributed by atoms with Crippen LogP contribution in [0, 0.1) is 0 Å². The summed E-state index contributed by atoms with van der Waals surface area (Å²) >= 11 is 9.97. The topological polar surface area (TPSA) is 9.23 Å². The highest BCUT2D eigenvalue weighted by Gasteiger charge is 1.99. The van der Waals surface area contributed by atoms with Crippen molar-refractivity contribution in [3.8, 4) is 0 Å². The average molecular weight is 349 g/mol. The number of hydrogen-bond donors (Lipinski definition) is 0. The monoisotopic (exact) mass is 346 g/mol. The minimum atomic E-state index is 0.587. The van der Waals surface area contributed by atoms with Gasteiger partial charge in [0.1, 0.15) is 0 Å². The third-order valence-corrected chi connectivity index (χ3v) is 2.74. The summed E-state index contributed by atoms with van der Waals surface area (Å²) in [6.07, 6.45) is 1.73. The van der Waals surface area contributed by atoms with E-state index in [9.17, 15) is 0 Å². The lowest BCUT2D eigenvalue weighted by atomic mass is 10.4. The summed E-state index contributed by atoms with van der Waals surface area (Å²) in [6, 6.07) is 0. The lowest BCUT2D eigenvalue weighted by Crippen LogP contribution is -1.99. The molecule has 11 heavy (non-hydrogen) atoms. The second-order valence-electron chi connectivity index (χ2n) is 1.80. The maximum Gasteiger partial charge on any atom is 0.0708 e. The van der Waals surface area contributed by atoms with Gasteiger partial charge in [-0.2, -0.15) is 0 Å². The Balaban J connectivity index is 3.71. The third kappa shape index (κ3) is 6.08. The largest absolute Gasteiger partial charge is 0.373 e. The van der Waals surface area contributed by atoms with Crippen molar-refractivity contribution in [1.29, 1.82) is 0 Å². The zero-order valence-electron chi connectivity index (χ0n) is 5.95. The predicted octanol–water partition coefficient (Wildman–Crippen LogP) is 3.59. The number of rotatable bonds is 5. The molecule has 0 radical (unpaired) electrons. The van der Waals surface area contributed by atoms with E-state index in [1.807, 2.05) is 0 Å². The fourth-order valence-electron chi connectivity index (χ4n) is 0.409. The highest BCUT2D eigenvalue weighted by molar-refractivity contribution is 9.28. The summed E-state index contributed by atoms with van der Waals surface area (Å²) in [7, 11) is 0. The maximum atomic E-state index is 5.23. The molecule has 0 aromatic rings. The van der Waals surface area contributed by atoms with Gasteiger partial charge in [0, 0.05) is 5.33 Å². The zero-order valence-corrected chi connectivity index (χ0v) is 10.7. The van der Waals surface area contributed by atoms with Gasteiger partial charge in [-0.05, 0) is 37.4 Å². The Morgan fingerprint density at radius 2 is 2.09 bits per heavy atom. The highest BCUT2D eigenvalue weighted by atomic mass is 79.9. The third-order valence-electron chi connectivity index (χ3n) is 0.941. The van der Waals surface area contributed by atoms with Crippen molar-refractivity contribution in [2.24, 2.45) is 0 Å². The van der Waals surface area contributed by atoms with Crippen molar-refractivity contribution >= 4 is 47.8 Å². The molecule has 0 rings (SSSR count). The Kier molecular flexibility index (Phi) is 8.13. The van der Waals surface area contributed by atoms with Crippen LogP contribution in [0.1, 0.15) is 0 Å². The van der Waals surface area contributed by atoms with Crippen molar-refractivity contribution < 1.29 is 4.74 Å². The molecule has 0 saturated carbocycles. The Morgan fingerprint density at radius 1 is 1.45 bits per heavy atom. The molecule has 0 aliphatic heterocycles. The molecule has 0 aliphatic carbocycles. The quantitative estimate of drug-likeness (QED) is 0.419. The van der Waals surface area contributed by atoms with Crippen LogP contribution in [-0.2, 0) is 4.74 Å². The first-order valence-corrected chi connectivity index (χ1v) is 5.70. The molecule has 0 heterocycles. The molecular weight excluding hydrogens is 340 g/mol. The molecule has 4 heteroatoms. The van der Waals surface area contributed by atoms with Gasteiger partial charge in [0.25, 0.3) is 0 Å². The second kappa shape index (κ2) is 7.53. The van der Waals surface area contributed by atoms with E-state index in [1.165, 1.54) is 0 Å². The van der Waals surface area contributed by atoms with E-state index in [0.717, 1.165) is 14.3 Å². The fourth-order valence-corrected chi connectivity index (χ4v) is 2.11. The van der Waals surface area contributed by atoms with Gasteiger partial charge in [-0.25, -0.2) is 0 Å². The number of alkyl halides is 1. The minimum Gasteiger partial charge on any atom is -0.373 e. The molecule has 0 amide bonds. The molecule has 0 saturated heterocycles. The second-order valence-corrected chi connectivity index (χ2v) is 5.01. The molecule has 1 nitrogen and oxygen atoms in total. The summed E-state index contributed by atoms with van der Waals surface area (Å²) in [5, 5.41) is 0.802. The van der Waals surface area contributed by atoms with E-state index >= 15 is 0 Å². The molecule has 64 valence electrons. The van der Waals surface area contributed by atoms with Gasteiger partial charge in [0.2, 0.25) is 0 Å². The van der Waals surface area contributed by atoms with Gasteiger partial charge in [-0.3, -0.25) is 0 Å². The molecule has 0 fully saturated rings. The smallest absolute Gasteiger partial charge is 0.0708 e. The van der Waals surface area contributed by atoms with E-state index in [1.54, 1.807) is 6.08 Å².